The Morgan fingerprint density at radius 3 is 2.40 bits per heavy atom. The second-order valence-electron chi connectivity index (χ2n) is 5.16. The maximum absolute atomic E-state index is 10.6. The molecule has 0 aliphatic carbocycles. The van der Waals surface area contributed by atoms with Crippen LogP contribution in [0.25, 0.3) is 0 Å². The van der Waals surface area contributed by atoms with Crippen molar-refractivity contribution in [1.82, 2.24) is 9.78 Å². The van der Waals surface area contributed by atoms with Crippen molar-refractivity contribution in [3.63, 3.8) is 0 Å². The van der Waals surface area contributed by atoms with Crippen LogP contribution < -0.4 is 0 Å². The van der Waals surface area contributed by atoms with Crippen LogP contribution in [-0.2, 0) is 28.9 Å². The molecular weight excluding hydrogens is 324 g/mol. The molecule has 1 atom stereocenters. The lowest BCUT2D eigenvalue weighted by Crippen LogP contribution is -2.34. The standard InChI is InChI=1S/C14H25BrN2O3/c1-6-10-13(15)11(17(7-2)16-10)8-14(3,18)9-12(19-4)20-5/h12,18H,6-9H2,1-5H3. The van der Waals surface area contributed by atoms with Gasteiger partial charge in [-0.2, -0.15) is 5.10 Å². The summed E-state index contributed by atoms with van der Waals surface area (Å²) in [6, 6.07) is 0. The fourth-order valence-corrected chi connectivity index (χ4v) is 2.95. The molecule has 1 rings (SSSR count). The lowest BCUT2D eigenvalue weighted by molar-refractivity contribution is -0.140. The number of aromatic nitrogens is 2. The third kappa shape index (κ3) is 4.28. The fraction of sp³-hybridized carbons (Fsp3) is 0.786. The van der Waals surface area contributed by atoms with Gasteiger partial charge in [-0.3, -0.25) is 4.68 Å². The summed E-state index contributed by atoms with van der Waals surface area (Å²) in [7, 11) is 3.15. The Bertz CT molecular complexity index is 428. The molecule has 0 aromatic carbocycles. The third-order valence-corrected chi connectivity index (χ3v) is 4.29. The second-order valence-corrected chi connectivity index (χ2v) is 5.95. The van der Waals surface area contributed by atoms with E-state index in [1.807, 2.05) is 11.6 Å². The summed E-state index contributed by atoms with van der Waals surface area (Å²) in [6.07, 6.45) is 1.36. The molecule has 1 aromatic rings. The van der Waals surface area contributed by atoms with E-state index in [1.54, 1.807) is 21.1 Å². The predicted molar refractivity (Wildman–Crippen MR) is 81.7 cm³/mol. The molecule has 0 radical (unpaired) electrons. The Hall–Kier alpha value is -0.430. The van der Waals surface area contributed by atoms with Gasteiger partial charge in [0.25, 0.3) is 0 Å². The quantitative estimate of drug-likeness (QED) is 0.733. The summed E-state index contributed by atoms with van der Waals surface area (Å²) in [5.41, 5.74) is 1.12. The van der Waals surface area contributed by atoms with Crippen molar-refractivity contribution in [2.24, 2.45) is 0 Å². The number of halogens is 1. The van der Waals surface area contributed by atoms with Crippen LogP contribution in [0.5, 0.6) is 0 Å². The van der Waals surface area contributed by atoms with Crippen molar-refractivity contribution in [2.75, 3.05) is 14.2 Å². The molecular formula is C14H25BrN2O3. The van der Waals surface area contributed by atoms with E-state index in [-0.39, 0.29) is 0 Å². The summed E-state index contributed by atoms with van der Waals surface area (Å²) >= 11 is 3.60. The van der Waals surface area contributed by atoms with E-state index in [0.717, 1.165) is 28.8 Å². The summed E-state index contributed by atoms with van der Waals surface area (Å²) in [4.78, 5) is 0. The highest BCUT2D eigenvalue weighted by molar-refractivity contribution is 9.10. The summed E-state index contributed by atoms with van der Waals surface area (Å²) in [5.74, 6) is 0. The molecule has 1 N–H and O–H groups in total. The first-order valence-electron chi connectivity index (χ1n) is 6.90. The molecule has 5 nitrogen and oxygen atoms in total. The lowest BCUT2D eigenvalue weighted by Gasteiger charge is -2.27. The van der Waals surface area contributed by atoms with Crippen LogP contribution >= 0.6 is 15.9 Å². The van der Waals surface area contributed by atoms with Crippen molar-refractivity contribution < 1.29 is 14.6 Å². The van der Waals surface area contributed by atoms with Crippen LogP contribution in [-0.4, -0.2) is 41.0 Å². The van der Waals surface area contributed by atoms with Crippen molar-refractivity contribution in [2.45, 2.75) is 58.5 Å². The van der Waals surface area contributed by atoms with Crippen LogP contribution in [0.3, 0.4) is 0 Å². The topological polar surface area (TPSA) is 56.5 Å². The molecule has 20 heavy (non-hydrogen) atoms. The summed E-state index contributed by atoms with van der Waals surface area (Å²) in [5, 5.41) is 15.2. The highest BCUT2D eigenvalue weighted by Crippen LogP contribution is 2.28. The van der Waals surface area contributed by atoms with E-state index >= 15 is 0 Å². The molecule has 1 aromatic heterocycles. The maximum atomic E-state index is 10.6. The number of aryl methyl sites for hydroxylation is 2. The lowest BCUT2D eigenvalue weighted by atomic mass is 9.95. The van der Waals surface area contributed by atoms with Gasteiger partial charge in [0.05, 0.1) is 21.5 Å². The average molecular weight is 349 g/mol. The van der Waals surface area contributed by atoms with E-state index in [4.69, 9.17) is 9.47 Å². The molecule has 0 fully saturated rings. The number of hydrogen-bond acceptors (Lipinski definition) is 4. The van der Waals surface area contributed by atoms with Crippen LogP contribution in [0.2, 0.25) is 0 Å². The fourth-order valence-electron chi connectivity index (χ4n) is 2.24. The largest absolute Gasteiger partial charge is 0.390 e. The molecule has 1 heterocycles. The van der Waals surface area contributed by atoms with Gasteiger partial charge in [-0.25, -0.2) is 0 Å². The van der Waals surface area contributed by atoms with E-state index < -0.39 is 11.9 Å². The van der Waals surface area contributed by atoms with E-state index in [9.17, 15) is 5.11 Å². The molecule has 1 unspecified atom stereocenters. The van der Waals surface area contributed by atoms with Gasteiger partial charge < -0.3 is 14.6 Å². The highest BCUT2D eigenvalue weighted by atomic mass is 79.9. The van der Waals surface area contributed by atoms with Crippen molar-refractivity contribution in [3.8, 4) is 0 Å². The monoisotopic (exact) mass is 348 g/mol. The SMILES string of the molecule is CCc1nn(CC)c(CC(C)(O)CC(OC)OC)c1Br. The van der Waals surface area contributed by atoms with Gasteiger partial charge in [0, 0.05) is 33.6 Å². The van der Waals surface area contributed by atoms with Crippen LogP contribution in [0.4, 0.5) is 0 Å². The van der Waals surface area contributed by atoms with Gasteiger partial charge in [0.2, 0.25) is 0 Å². The zero-order valence-corrected chi connectivity index (χ0v) is 14.5. The Kier molecular flexibility index (Phi) is 6.64. The third-order valence-electron chi connectivity index (χ3n) is 3.37. The Morgan fingerprint density at radius 1 is 1.35 bits per heavy atom. The van der Waals surface area contributed by atoms with E-state index in [2.05, 4.69) is 28.0 Å². The molecule has 6 heteroatoms. The Balaban J connectivity index is 2.93. The average Bonchev–Trinajstić information content (AvgIpc) is 2.72. The molecule has 116 valence electrons. The van der Waals surface area contributed by atoms with Gasteiger partial charge >= 0.3 is 0 Å². The second kappa shape index (κ2) is 7.54. The van der Waals surface area contributed by atoms with Crippen molar-refractivity contribution in [3.05, 3.63) is 15.9 Å². The number of nitrogens with zero attached hydrogens (tertiary/aromatic N) is 2. The van der Waals surface area contributed by atoms with Crippen LogP contribution in [0, 0.1) is 0 Å². The number of rotatable bonds is 8. The first-order chi connectivity index (χ1) is 9.38. The van der Waals surface area contributed by atoms with Crippen molar-refractivity contribution >= 4 is 15.9 Å². The smallest absolute Gasteiger partial charge is 0.159 e. The Labute approximate surface area is 129 Å². The molecule has 0 aliphatic heterocycles. The van der Waals surface area contributed by atoms with E-state index in [0.29, 0.717) is 12.8 Å². The minimum Gasteiger partial charge on any atom is -0.390 e. The van der Waals surface area contributed by atoms with Gasteiger partial charge in [-0.05, 0) is 36.2 Å². The highest BCUT2D eigenvalue weighted by Gasteiger charge is 2.29. The van der Waals surface area contributed by atoms with Crippen LogP contribution in [0.15, 0.2) is 4.47 Å². The molecule has 0 amide bonds. The van der Waals surface area contributed by atoms with Gasteiger partial charge in [-0.15, -0.1) is 0 Å². The summed E-state index contributed by atoms with van der Waals surface area (Å²) < 4.78 is 13.3. The van der Waals surface area contributed by atoms with Gasteiger partial charge in [0.15, 0.2) is 6.29 Å². The molecule has 0 spiro atoms. The van der Waals surface area contributed by atoms with Crippen LogP contribution in [0.1, 0.15) is 38.6 Å². The predicted octanol–water partition coefficient (Wildman–Crippen LogP) is 2.53. The first kappa shape index (κ1) is 17.6. The Morgan fingerprint density at radius 2 is 1.95 bits per heavy atom. The molecule has 0 saturated carbocycles. The maximum Gasteiger partial charge on any atom is 0.159 e. The normalized spacial score (nSPS) is 14.8. The number of ether oxygens (including phenoxy) is 2. The molecule has 0 saturated heterocycles. The zero-order chi connectivity index (χ0) is 15.3. The number of hydrogen-bond donors (Lipinski definition) is 1. The van der Waals surface area contributed by atoms with Gasteiger partial charge in [-0.1, -0.05) is 6.92 Å². The minimum atomic E-state index is -0.919. The zero-order valence-electron chi connectivity index (χ0n) is 12.9. The number of aliphatic hydroxyl groups is 1. The van der Waals surface area contributed by atoms with E-state index in [1.165, 1.54) is 0 Å². The molecule has 0 bridgehead atoms. The molecule has 0 aliphatic rings. The van der Waals surface area contributed by atoms with Gasteiger partial charge in [0.1, 0.15) is 0 Å². The first-order valence-corrected chi connectivity index (χ1v) is 7.69. The minimum absolute atomic E-state index is 0.406. The number of methoxy groups -OCH3 is 2. The summed E-state index contributed by atoms with van der Waals surface area (Å²) in [6.45, 7) is 6.69. The van der Waals surface area contributed by atoms with Crippen molar-refractivity contribution in [1.29, 1.82) is 0 Å².